The van der Waals surface area contributed by atoms with E-state index >= 15 is 0 Å². The Morgan fingerprint density at radius 3 is 1.43 bits per heavy atom. The molecule has 0 aromatic heterocycles. The van der Waals surface area contributed by atoms with Crippen LogP contribution in [0.4, 0.5) is 39.5 Å². The van der Waals surface area contributed by atoms with Crippen LogP contribution in [0.3, 0.4) is 0 Å². The van der Waals surface area contributed by atoms with Gasteiger partial charge in [-0.15, -0.1) is 0 Å². The average Bonchev–Trinajstić information content (AvgIpc) is 2.63. The molecule has 0 unspecified atom stereocenters. The predicted molar refractivity (Wildman–Crippen MR) is 83.4 cm³/mol. The number of alkyl halides is 6. The summed E-state index contributed by atoms with van der Waals surface area (Å²) in [6.07, 6.45) is -14.7. The first kappa shape index (κ1) is 23.1. The van der Waals surface area contributed by atoms with Gasteiger partial charge >= 0.3 is 24.4 Å². The second-order valence-electron chi connectivity index (χ2n) is 5.64. The van der Waals surface area contributed by atoms with E-state index in [0.29, 0.717) is 36.4 Å². The molecule has 0 fully saturated rings. The minimum Gasteiger partial charge on any atom is -0.429 e. The van der Waals surface area contributed by atoms with Crippen LogP contribution in [0.2, 0.25) is 0 Å². The highest BCUT2D eigenvalue weighted by molar-refractivity contribution is 5.49. The van der Waals surface area contributed by atoms with Gasteiger partial charge in [-0.3, -0.25) is 4.79 Å². The molecule has 0 saturated carbocycles. The largest absolute Gasteiger partial charge is 0.429 e. The molecule has 12 heteroatoms. The molecule has 0 aliphatic heterocycles. The highest BCUT2D eigenvalue weighted by Gasteiger charge is 2.72. The SMILES string of the molecule is O=COc1ccc(C(c2ccc(OC(F)=C(F)F)cc2)(C(F)(F)F)C(F)(F)F)cc1. The normalized spacial score (nSPS) is 12.3. The van der Waals surface area contributed by atoms with Gasteiger partial charge in [0.1, 0.15) is 11.5 Å². The van der Waals surface area contributed by atoms with Gasteiger partial charge in [0.15, 0.2) is 0 Å². The van der Waals surface area contributed by atoms with E-state index in [4.69, 9.17) is 0 Å². The molecular formula is C18H9F9O3. The fourth-order valence-electron chi connectivity index (χ4n) is 2.74. The zero-order valence-corrected chi connectivity index (χ0v) is 14.3. The quantitative estimate of drug-likeness (QED) is 0.309. The van der Waals surface area contributed by atoms with Crippen LogP contribution in [0.25, 0.3) is 0 Å². The highest BCUT2D eigenvalue weighted by Crippen LogP contribution is 2.56. The van der Waals surface area contributed by atoms with Crippen LogP contribution in [0, 0.1) is 0 Å². The molecule has 2 aromatic carbocycles. The summed E-state index contributed by atoms with van der Waals surface area (Å²) in [6.45, 7) is -0.0671. The average molecular weight is 444 g/mol. The van der Waals surface area contributed by atoms with Crippen LogP contribution in [0.15, 0.2) is 60.6 Å². The van der Waals surface area contributed by atoms with Gasteiger partial charge in [0.2, 0.25) is 5.41 Å². The van der Waals surface area contributed by atoms with Crippen LogP contribution in [-0.2, 0) is 10.2 Å². The van der Waals surface area contributed by atoms with Crippen molar-refractivity contribution in [2.24, 2.45) is 0 Å². The molecule has 30 heavy (non-hydrogen) atoms. The molecule has 2 rings (SSSR count). The first-order chi connectivity index (χ1) is 13.8. The van der Waals surface area contributed by atoms with E-state index in [0.717, 1.165) is 12.1 Å². The van der Waals surface area contributed by atoms with E-state index in [-0.39, 0.29) is 12.2 Å². The Morgan fingerprint density at radius 1 is 0.700 bits per heavy atom. The van der Waals surface area contributed by atoms with Gasteiger partial charge in [-0.1, -0.05) is 24.3 Å². The second-order valence-corrected chi connectivity index (χ2v) is 5.64. The highest BCUT2D eigenvalue weighted by atomic mass is 19.4. The second kappa shape index (κ2) is 8.28. The van der Waals surface area contributed by atoms with Crippen LogP contribution in [0.1, 0.15) is 11.1 Å². The summed E-state index contributed by atoms with van der Waals surface area (Å²) in [6, 6.07) is 1.69. The molecule has 0 amide bonds. The summed E-state index contributed by atoms with van der Waals surface area (Å²) in [5, 5.41) is 0. The Bertz CT molecular complexity index is 896. The Hall–Kier alpha value is -3.18. The summed E-state index contributed by atoms with van der Waals surface area (Å²) < 4.78 is 129. The van der Waals surface area contributed by atoms with Crippen molar-refractivity contribution in [1.29, 1.82) is 0 Å². The van der Waals surface area contributed by atoms with Crippen molar-refractivity contribution in [3.8, 4) is 11.5 Å². The molecule has 0 heterocycles. The maximum atomic E-state index is 13.9. The zero-order valence-electron chi connectivity index (χ0n) is 14.3. The number of hydrogen-bond acceptors (Lipinski definition) is 3. The van der Waals surface area contributed by atoms with Gasteiger partial charge in [0.05, 0.1) is 0 Å². The van der Waals surface area contributed by atoms with E-state index in [1.165, 1.54) is 0 Å². The Morgan fingerprint density at radius 2 is 1.10 bits per heavy atom. The number of halogens is 9. The lowest BCUT2D eigenvalue weighted by Gasteiger charge is -2.38. The first-order valence-corrected chi connectivity index (χ1v) is 7.68. The van der Waals surface area contributed by atoms with Crippen molar-refractivity contribution in [2.45, 2.75) is 17.8 Å². The van der Waals surface area contributed by atoms with Gasteiger partial charge < -0.3 is 9.47 Å². The molecule has 162 valence electrons. The topological polar surface area (TPSA) is 35.5 Å². The van der Waals surface area contributed by atoms with Gasteiger partial charge in [0, 0.05) is 0 Å². The third-order valence-corrected chi connectivity index (χ3v) is 3.97. The Balaban J connectivity index is 2.67. The van der Waals surface area contributed by atoms with E-state index < -0.39 is 46.7 Å². The van der Waals surface area contributed by atoms with E-state index in [9.17, 15) is 44.3 Å². The molecule has 0 bridgehead atoms. The lowest BCUT2D eigenvalue weighted by molar-refractivity contribution is -0.288. The zero-order chi connectivity index (χ0) is 22.7. The number of hydrogen-bond donors (Lipinski definition) is 0. The third kappa shape index (κ3) is 4.21. The van der Waals surface area contributed by atoms with E-state index in [2.05, 4.69) is 9.47 Å². The molecule has 0 radical (unpaired) electrons. The molecule has 3 nitrogen and oxygen atoms in total. The first-order valence-electron chi connectivity index (χ1n) is 7.68. The summed E-state index contributed by atoms with van der Waals surface area (Å²) in [4.78, 5) is 10.3. The van der Waals surface area contributed by atoms with Crippen molar-refractivity contribution in [2.75, 3.05) is 0 Å². The number of ether oxygens (including phenoxy) is 2. The van der Waals surface area contributed by atoms with Crippen molar-refractivity contribution in [3.05, 3.63) is 71.8 Å². The monoisotopic (exact) mass is 444 g/mol. The summed E-state index contributed by atoms with van der Waals surface area (Å²) in [5.74, 6) is -1.05. The number of carbonyl (C=O) groups is 1. The maximum absolute atomic E-state index is 13.9. The molecule has 0 aliphatic rings. The van der Waals surface area contributed by atoms with Crippen LogP contribution in [0.5, 0.6) is 11.5 Å². The summed E-state index contributed by atoms with van der Waals surface area (Å²) in [7, 11) is 0. The Kier molecular flexibility index (Phi) is 6.38. The number of rotatable bonds is 6. The van der Waals surface area contributed by atoms with Crippen LogP contribution >= 0.6 is 0 Å². The van der Waals surface area contributed by atoms with Crippen LogP contribution in [-0.4, -0.2) is 18.8 Å². The van der Waals surface area contributed by atoms with Crippen molar-refractivity contribution in [3.63, 3.8) is 0 Å². The Labute approximate surface area is 162 Å². The smallest absolute Gasteiger partial charge is 0.411 e. The number of carbonyl (C=O) groups excluding carboxylic acids is 1. The lowest BCUT2D eigenvalue weighted by Crippen LogP contribution is -2.54. The minimum atomic E-state index is -5.91. The summed E-state index contributed by atoms with van der Waals surface area (Å²) in [5.41, 5.74) is -7.11. The molecule has 0 atom stereocenters. The predicted octanol–water partition coefficient (Wildman–Crippen LogP) is 6.05. The van der Waals surface area contributed by atoms with Gasteiger partial charge in [-0.2, -0.15) is 39.5 Å². The van der Waals surface area contributed by atoms with E-state index in [1.807, 2.05) is 0 Å². The maximum Gasteiger partial charge on any atom is 0.411 e. The molecule has 0 saturated heterocycles. The third-order valence-electron chi connectivity index (χ3n) is 3.97. The van der Waals surface area contributed by atoms with Crippen molar-refractivity contribution in [1.82, 2.24) is 0 Å². The fraction of sp³-hybridized carbons (Fsp3) is 0.167. The van der Waals surface area contributed by atoms with E-state index in [1.54, 1.807) is 0 Å². The van der Waals surface area contributed by atoms with Gasteiger partial charge in [-0.25, -0.2) is 0 Å². The van der Waals surface area contributed by atoms with Gasteiger partial charge in [0.25, 0.3) is 6.47 Å². The van der Waals surface area contributed by atoms with Crippen molar-refractivity contribution >= 4 is 6.47 Å². The number of benzene rings is 2. The fourth-order valence-corrected chi connectivity index (χ4v) is 2.74. The van der Waals surface area contributed by atoms with Crippen LogP contribution < -0.4 is 9.47 Å². The molecule has 2 aromatic rings. The van der Waals surface area contributed by atoms with Crippen molar-refractivity contribution < 1.29 is 53.8 Å². The standard InChI is InChI=1S/C18H9F9O3/c19-14(20)15(21)30-13-7-3-11(4-8-13)16(17(22,23)24,18(25,26)27)10-1-5-12(6-2-10)29-9-28/h1-9H. The molecule has 0 N–H and O–H groups in total. The van der Waals surface area contributed by atoms with Gasteiger partial charge in [-0.05, 0) is 35.4 Å². The molecular weight excluding hydrogens is 435 g/mol. The summed E-state index contributed by atoms with van der Waals surface area (Å²) >= 11 is 0. The lowest BCUT2D eigenvalue weighted by atomic mass is 9.73. The molecule has 0 spiro atoms. The minimum absolute atomic E-state index is 0.0671. The molecule has 0 aliphatic carbocycles.